The molecule has 96 valence electrons. The van der Waals surface area contributed by atoms with Gasteiger partial charge < -0.3 is 5.73 Å². The van der Waals surface area contributed by atoms with Crippen LogP contribution in [0.3, 0.4) is 0 Å². The molecule has 0 aliphatic heterocycles. The minimum Gasteiger partial charge on any atom is -0.318 e. The number of nitrogens with zero attached hydrogens (tertiary/aromatic N) is 2. The zero-order chi connectivity index (χ0) is 13.3. The second kappa shape index (κ2) is 4.71. The van der Waals surface area contributed by atoms with Crippen LogP contribution in [0.4, 0.5) is 0 Å². The van der Waals surface area contributed by atoms with E-state index < -0.39 is 0 Å². The lowest BCUT2D eigenvalue weighted by atomic mass is 9.96. The van der Waals surface area contributed by atoms with Crippen molar-refractivity contribution in [3.05, 3.63) is 46.5 Å². The SMILES string of the molecule is CC(C)(C)c1n[nH]c([C@H](N)c2ccc(Cl)cc2)n1. The Kier molecular flexibility index (Phi) is 3.41. The Hall–Kier alpha value is -1.39. The highest BCUT2D eigenvalue weighted by Gasteiger charge is 2.21. The molecule has 2 aromatic rings. The van der Waals surface area contributed by atoms with Gasteiger partial charge in [0.25, 0.3) is 0 Å². The summed E-state index contributed by atoms with van der Waals surface area (Å²) < 4.78 is 0. The summed E-state index contributed by atoms with van der Waals surface area (Å²) in [6.45, 7) is 6.19. The Morgan fingerprint density at radius 1 is 1.22 bits per heavy atom. The Bertz CT molecular complexity index is 525. The van der Waals surface area contributed by atoms with E-state index in [0.29, 0.717) is 10.8 Å². The van der Waals surface area contributed by atoms with E-state index in [-0.39, 0.29) is 11.5 Å². The zero-order valence-electron chi connectivity index (χ0n) is 10.7. The fourth-order valence-electron chi connectivity index (χ4n) is 1.58. The molecule has 0 aliphatic rings. The molecule has 0 aliphatic carbocycles. The molecule has 18 heavy (non-hydrogen) atoms. The van der Waals surface area contributed by atoms with E-state index in [1.165, 1.54) is 0 Å². The maximum absolute atomic E-state index is 6.15. The van der Waals surface area contributed by atoms with Gasteiger partial charge in [-0.15, -0.1) is 0 Å². The first-order valence-corrected chi connectivity index (χ1v) is 6.19. The molecule has 1 aromatic heterocycles. The van der Waals surface area contributed by atoms with E-state index in [2.05, 4.69) is 36.0 Å². The highest BCUT2D eigenvalue weighted by atomic mass is 35.5. The number of halogens is 1. The van der Waals surface area contributed by atoms with Crippen molar-refractivity contribution < 1.29 is 0 Å². The van der Waals surface area contributed by atoms with Gasteiger partial charge in [0.2, 0.25) is 0 Å². The van der Waals surface area contributed by atoms with Crippen LogP contribution in [-0.4, -0.2) is 15.2 Å². The first kappa shape index (κ1) is 13.1. The summed E-state index contributed by atoms with van der Waals surface area (Å²) in [5, 5.41) is 7.81. The summed E-state index contributed by atoms with van der Waals surface area (Å²) in [5.41, 5.74) is 7.01. The van der Waals surface area contributed by atoms with Gasteiger partial charge in [-0.3, -0.25) is 5.10 Å². The fraction of sp³-hybridized carbons (Fsp3) is 0.385. The Morgan fingerprint density at radius 2 is 1.83 bits per heavy atom. The minimum atomic E-state index is -0.314. The van der Waals surface area contributed by atoms with Gasteiger partial charge in [-0.05, 0) is 17.7 Å². The molecule has 0 amide bonds. The predicted octanol–water partition coefficient (Wildman–Crippen LogP) is 2.80. The summed E-state index contributed by atoms with van der Waals surface area (Å²) in [5.74, 6) is 1.43. The zero-order valence-corrected chi connectivity index (χ0v) is 11.5. The topological polar surface area (TPSA) is 67.6 Å². The molecule has 0 fully saturated rings. The molecule has 1 aromatic carbocycles. The number of rotatable bonds is 2. The van der Waals surface area contributed by atoms with Gasteiger partial charge >= 0.3 is 0 Å². The molecular weight excluding hydrogens is 248 g/mol. The molecule has 5 heteroatoms. The Morgan fingerprint density at radius 3 is 2.33 bits per heavy atom. The maximum atomic E-state index is 6.15. The average molecular weight is 265 g/mol. The molecule has 4 nitrogen and oxygen atoms in total. The van der Waals surface area contributed by atoms with E-state index in [4.69, 9.17) is 17.3 Å². The highest BCUT2D eigenvalue weighted by molar-refractivity contribution is 6.30. The standard InChI is InChI=1S/C13H17ClN4/c1-13(2,3)12-16-11(17-18-12)10(15)8-4-6-9(14)7-5-8/h4-7,10H,15H2,1-3H3,(H,16,17,18)/t10-/m1/s1. The van der Waals surface area contributed by atoms with Crippen molar-refractivity contribution in [2.45, 2.75) is 32.2 Å². The Labute approximate surface area is 112 Å². The van der Waals surface area contributed by atoms with Crippen LogP contribution in [0, 0.1) is 0 Å². The lowest BCUT2D eigenvalue weighted by Crippen LogP contribution is -2.15. The highest BCUT2D eigenvalue weighted by Crippen LogP contribution is 2.22. The molecule has 1 atom stereocenters. The summed E-state index contributed by atoms with van der Waals surface area (Å²) in [6, 6.07) is 7.11. The number of nitrogens with two attached hydrogens (primary N) is 1. The summed E-state index contributed by atoms with van der Waals surface area (Å²) in [6.07, 6.45) is 0. The van der Waals surface area contributed by atoms with Crippen molar-refractivity contribution in [1.82, 2.24) is 15.2 Å². The van der Waals surface area contributed by atoms with Crippen LogP contribution < -0.4 is 5.73 Å². The predicted molar refractivity (Wildman–Crippen MR) is 72.6 cm³/mol. The van der Waals surface area contributed by atoms with Crippen molar-refractivity contribution in [2.75, 3.05) is 0 Å². The first-order valence-electron chi connectivity index (χ1n) is 5.82. The number of nitrogens with one attached hydrogen (secondary N) is 1. The Balaban J connectivity index is 2.26. The molecule has 0 radical (unpaired) electrons. The van der Waals surface area contributed by atoms with E-state index >= 15 is 0 Å². The summed E-state index contributed by atoms with van der Waals surface area (Å²) in [4.78, 5) is 4.46. The van der Waals surface area contributed by atoms with Crippen LogP contribution >= 0.6 is 11.6 Å². The van der Waals surface area contributed by atoms with Gasteiger partial charge in [0, 0.05) is 10.4 Å². The smallest absolute Gasteiger partial charge is 0.156 e. The lowest BCUT2D eigenvalue weighted by molar-refractivity contribution is 0.547. The van der Waals surface area contributed by atoms with Crippen LogP contribution in [-0.2, 0) is 5.41 Å². The maximum Gasteiger partial charge on any atom is 0.156 e. The van der Waals surface area contributed by atoms with Crippen LogP contribution in [0.5, 0.6) is 0 Å². The van der Waals surface area contributed by atoms with Gasteiger partial charge in [-0.25, -0.2) is 4.98 Å². The van der Waals surface area contributed by atoms with Crippen molar-refractivity contribution in [3.8, 4) is 0 Å². The number of aromatic amines is 1. The van der Waals surface area contributed by atoms with Crippen LogP contribution in [0.1, 0.15) is 44.0 Å². The average Bonchev–Trinajstić information content (AvgIpc) is 2.78. The molecular formula is C13H17ClN4. The third-order valence-corrected chi connectivity index (χ3v) is 2.95. The molecule has 0 saturated heterocycles. The van der Waals surface area contributed by atoms with Gasteiger partial charge in [-0.2, -0.15) is 5.10 Å². The van der Waals surface area contributed by atoms with E-state index in [0.717, 1.165) is 11.4 Å². The van der Waals surface area contributed by atoms with Crippen molar-refractivity contribution >= 4 is 11.6 Å². The number of H-pyrrole nitrogens is 1. The number of hydrogen-bond acceptors (Lipinski definition) is 3. The second-order valence-electron chi connectivity index (χ2n) is 5.32. The molecule has 0 spiro atoms. The minimum absolute atomic E-state index is 0.0888. The van der Waals surface area contributed by atoms with Crippen molar-refractivity contribution in [3.63, 3.8) is 0 Å². The fourth-order valence-corrected chi connectivity index (χ4v) is 1.70. The largest absolute Gasteiger partial charge is 0.318 e. The third-order valence-electron chi connectivity index (χ3n) is 2.70. The van der Waals surface area contributed by atoms with Crippen molar-refractivity contribution in [2.24, 2.45) is 5.73 Å². The van der Waals surface area contributed by atoms with Gasteiger partial charge in [0.05, 0.1) is 6.04 Å². The van der Waals surface area contributed by atoms with E-state index in [1.54, 1.807) is 0 Å². The molecule has 0 unspecified atom stereocenters. The quantitative estimate of drug-likeness (QED) is 0.876. The number of hydrogen-bond donors (Lipinski definition) is 2. The van der Waals surface area contributed by atoms with Crippen molar-refractivity contribution in [1.29, 1.82) is 0 Å². The van der Waals surface area contributed by atoms with Gasteiger partial charge in [0.15, 0.2) is 5.82 Å². The normalized spacial score (nSPS) is 13.6. The molecule has 2 rings (SSSR count). The molecule has 0 saturated carbocycles. The summed E-state index contributed by atoms with van der Waals surface area (Å²) in [7, 11) is 0. The molecule has 1 heterocycles. The number of benzene rings is 1. The van der Waals surface area contributed by atoms with Gasteiger partial charge in [0.1, 0.15) is 5.82 Å². The lowest BCUT2D eigenvalue weighted by Gasteiger charge is -2.12. The van der Waals surface area contributed by atoms with Gasteiger partial charge in [-0.1, -0.05) is 44.5 Å². The first-order chi connectivity index (χ1) is 8.38. The summed E-state index contributed by atoms with van der Waals surface area (Å²) >= 11 is 5.85. The van der Waals surface area contributed by atoms with Crippen LogP contribution in [0.25, 0.3) is 0 Å². The number of aromatic nitrogens is 3. The monoisotopic (exact) mass is 264 g/mol. The van der Waals surface area contributed by atoms with Crippen LogP contribution in [0.15, 0.2) is 24.3 Å². The molecule has 3 N–H and O–H groups in total. The van der Waals surface area contributed by atoms with E-state index in [1.807, 2.05) is 24.3 Å². The van der Waals surface area contributed by atoms with E-state index in [9.17, 15) is 0 Å². The van der Waals surface area contributed by atoms with Crippen LogP contribution in [0.2, 0.25) is 5.02 Å². The second-order valence-corrected chi connectivity index (χ2v) is 5.76. The molecule has 0 bridgehead atoms. The third kappa shape index (κ3) is 2.71.